The van der Waals surface area contributed by atoms with E-state index in [0.29, 0.717) is 0 Å². The first-order valence-electron chi connectivity index (χ1n) is 4.81. The van der Waals surface area contributed by atoms with Crippen LogP contribution in [0, 0.1) is 0 Å². The van der Waals surface area contributed by atoms with Crippen LogP contribution in [0.2, 0.25) is 5.02 Å². The fraction of sp³-hybridized carbons (Fsp3) is 0.0769. The first kappa shape index (κ1) is 12.2. The summed E-state index contributed by atoms with van der Waals surface area (Å²) in [5.74, 6) is 0. The van der Waals surface area contributed by atoms with Crippen molar-refractivity contribution in [3.05, 3.63) is 57.5 Å². The van der Waals surface area contributed by atoms with Crippen LogP contribution in [-0.4, -0.2) is 0 Å². The van der Waals surface area contributed by atoms with E-state index in [-0.39, 0.29) is 0 Å². The lowest BCUT2D eigenvalue weighted by molar-refractivity contribution is 1.39. The van der Waals surface area contributed by atoms with Crippen LogP contribution in [0.15, 0.2) is 46.9 Å². The molecular weight excluding hydrogens is 351 g/mol. The number of rotatable bonds is 2. The zero-order valence-corrected chi connectivity index (χ0v) is 12.3. The Balaban J connectivity index is 2.55. The Bertz CT molecular complexity index is 492. The third-order valence-corrected chi connectivity index (χ3v) is 3.96. The normalized spacial score (nSPS) is 10.4. The number of halogens is 3. The first-order chi connectivity index (χ1) is 7.72. The second kappa shape index (κ2) is 5.35. The van der Waals surface area contributed by atoms with Crippen molar-refractivity contribution in [2.24, 2.45) is 0 Å². The van der Waals surface area contributed by atoms with Gasteiger partial charge in [0.15, 0.2) is 0 Å². The zero-order chi connectivity index (χ0) is 11.5. The van der Waals surface area contributed by atoms with Crippen molar-refractivity contribution >= 4 is 43.5 Å². The Kier molecular flexibility index (Phi) is 4.06. The zero-order valence-electron chi connectivity index (χ0n) is 8.38. The summed E-state index contributed by atoms with van der Waals surface area (Å²) in [5, 5.41) is 1.59. The van der Waals surface area contributed by atoms with Gasteiger partial charge in [0.05, 0.1) is 0 Å². The third-order valence-electron chi connectivity index (χ3n) is 2.41. The van der Waals surface area contributed by atoms with Crippen molar-refractivity contribution in [1.29, 1.82) is 0 Å². The fourth-order valence-electron chi connectivity index (χ4n) is 1.59. The van der Waals surface area contributed by atoms with Crippen LogP contribution in [0.1, 0.15) is 5.56 Å². The smallest absolute Gasteiger partial charge is 0.0406 e. The molecule has 0 saturated carbocycles. The van der Waals surface area contributed by atoms with Gasteiger partial charge in [-0.05, 0) is 34.9 Å². The quantitative estimate of drug-likeness (QED) is 0.606. The SMILES string of the molecule is Clc1ccc(-c2cccc(Br)c2CBr)cc1. The lowest BCUT2D eigenvalue weighted by Gasteiger charge is -2.09. The molecule has 2 rings (SSSR count). The van der Waals surface area contributed by atoms with Crippen LogP contribution in [0.5, 0.6) is 0 Å². The van der Waals surface area contributed by atoms with Crippen LogP contribution < -0.4 is 0 Å². The second-order valence-electron chi connectivity index (χ2n) is 3.41. The van der Waals surface area contributed by atoms with Crippen LogP contribution in [0.4, 0.5) is 0 Å². The van der Waals surface area contributed by atoms with E-state index in [2.05, 4.69) is 44.0 Å². The molecular formula is C13H9Br2Cl. The molecule has 0 aliphatic heterocycles. The van der Waals surface area contributed by atoms with Gasteiger partial charge < -0.3 is 0 Å². The van der Waals surface area contributed by atoms with E-state index in [9.17, 15) is 0 Å². The monoisotopic (exact) mass is 358 g/mol. The summed E-state index contributed by atoms with van der Waals surface area (Å²) >= 11 is 13.0. The summed E-state index contributed by atoms with van der Waals surface area (Å²) in [6, 6.07) is 14.1. The molecule has 0 aromatic heterocycles. The van der Waals surface area contributed by atoms with Crippen LogP contribution in [0.3, 0.4) is 0 Å². The predicted molar refractivity (Wildman–Crippen MR) is 77.2 cm³/mol. The van der Waals surface area contributed by atoms with E-state index in [0.717, 1.165) is 14.8 Å². The summed E-state index contributed by atoms with van der Waals surface area (Å²) < 4.78 is 1.12. The minimum atomic E-state index is 0.763. The van der Waals surface area contributed by atoms with Crippen molar-refractivity contribution in [2.75, 3.05) is 0 Å². The van der Waals surface area contributed by atoms with Gasteiger partial charge >= 0.3 is 0 Å². The van der Waals surface area contributed by atoms with Gasteiger partial charge in [-0.25, -0.2) is 0 Å². The van der Waals surface area contributed by atoms with Crippen molar-refractivity contribution in [1.82, 2.24) is 0 Å². The molecule has 2 aromatic carbocycles. The molecule has 0 atom stereocenters. The van der Waals surface area contributed by atoms with E-state index in [1.807, 2.05) is 30.3 Å². The largest absolute Gasteiger partial charge is 0.0876 e. The predicted octanol–water partition coefficient (Wildman–Crippen LogP) is 5.66. The highest BCUT2D eigenvalue weighted by molar-refractivity contribution is 9.10. The lowest BCUT2D eigenvalue weighted by atomic mass is 10.0. The molecule has 0 radical (unpaired) electrons. The summed E-state index contributed by atoms with van der Waals surface area (Å²) in [5.41, 5.74) is 3.66. The molecule has 82 valence electrons. The van der Waals surface area contributed by atoms with Crippen LogP contribution >= 0.6 is 43.5 Å². The van der Waals surface area contributed by atoms with Gasteiger partial charge in [0.1, 0.15) is 0 Å². The number of alkyl halides is 1. The summed E-state index contributed by atoms with van der Waals surface area (Å²) in [4.78, 5) is 0. The van der Waals surface area contributed by atoms with E-state index in [1.165, 1.54) is 16.7 Å². The molecule has 0 amide bonds. The van der Waals surface area contributed by atoms with Gasteiger partial charge in [-0.2, -0.15) is 0 Å². The molecule has 0 fully saturated rings. The molecule has 2 aromatic rings. The highest BCUT2D eigenvalue weighted by Gasteiger charge is 2.07. The average Bonchev–Trinajstić information content (AvgIpc) is 2.30. The summed E-state index contributed by atoms with van der Waals surface area (Å²) in [7, 11) is 0. The summed E-state index contributed by atoms with van der Waals surface area (Å²) in [6.07, 6.45) is 0. The Morgan fingerprint density at radius 1 is 1.00 bits per heavy atom. The van der Waals surface area contributed by atoms with Gasteiger partial charge in [0.25, 0.3) is 0 Å². The highest BCUT2D eigenvalue weighted by atomic mass is 79.9. The van der Waals surface area contributed by atoms with Gasteiger partial charge in [-0.3, -0.25) is 0 Å². The standard InChI is InChI=1S/C13H9Br2Cl/c14-8-12-11(2-1-3-13(12)15)9-4-6-10(16)7-5-9/h1-7H,8H2. The lowest BCUT2D eigenvalue weighted by Crippen LogP contribution is -1.87. The van der Waals surface area contributed by atoms with E-state index < -0.39 is 0 Å². The van der Waals surface area contributed by atoms with Gasteiger partial charge in [-0.1, -0.05) is 67.7 Å². The maximum atomic E-state index is 5.89. The average molecular weight is 360 g/mol. The Morgan fingerprint density at radius 2 is 1.69 bits per heavy atom. The molecule has 0 heterocycles. The van der Waals surface area contributed by atoms with Crippen LogP contribution in [0.25, 0.3) is 11.1 Å². The topological polar surface area (TPSA) is 0 Å². The van der Waals surface area contributed by atoms with Crippen molar-refractivity contribution in [3.8, 4) is 11.1 Å². The molecule has 0 saturated heterocycles. The van der Waals surface area contributed by atoms with Crippen molar-refractivity contribution < 1.29 is 0 Å². The van der Waals surface area contributed by atoms with Gasteiger partial charge in [0, 0.05) is 14.8 Å². The number of benzene rings is 2. The fourth-order valence-corrected chi connectivity index (χ4v) is 3.21. The minimum absolute atomic E-state index is 0.763. The molecule has 0 aliphatic carbocycles. The molecule has 3 heteroatoms. The maximum Gasteiger partial charge on any atom is 0.0406 e. The number of hydrogen-bond donors (Lipinski definition) is 0. The van der Waals surface area contributed by atoms with Gasteiger partial charge in [-0.15, -0.1) is 0 Å². The Morgan fingerprint density at radius 3 is 2.31 bits per heavy atom. The van der Waals surface area contributed by atoms with E-state index in [4.69, 9.17) is 11.6 Å². The van der Waals surface area contributed by atoms with Crippen LogP contribution in [-0.2, 0) is 5.33 Å². The Hall–Kier alpha value is -0.310. The minimum Gasteiger partial charge on any atom is -0.0876 e. The molecule has 16 heavy (non-hydrogen) atoms. The number of hydrogen-bond acceptors (Lipinski definition) is 0. The van der Waals surface area contributed by atoms with E-state index >= 15 is 0 Å². The molecule has 0 nitrogen and oxygen atoms in total. The molecule has 0 N–H and O–H groups in total. The first-order valence-corrected chi connectivity index (χ1v) is 7.11. The molecule has 0 bridgehead atoms. The van der Waals surface area contributed by atoms with E-state index in [1.54, 1.807) is 0 Å². The molecule has 0 aliphatic rings. The van der Waals surface area contributed by atoms with Crippen molar-refractivity contribution in [2.45, 2.75) is 5.33 Å². The van der Waals surface area contributed by atoms with Gasteiger partial charge in [0.2, 0.25) is 0 Å². The molecule has 0 spiro atoms. The Labute approximate surface area is 117 Å². The maximum absolute atomic E-state index is 5.89. The summed E-state index contributed by atoms with van der Waals surface area (Å²) in [6.45, 7) is 0. The molecule has 0 unspecified atom stereocenters. The highest BCUT2D eigenvalue weighted by Crippen LogP contribution is 2.31. The second-order valence-corrected chi connectivity index (χ2v) is 5.26. The third kappa shape index (κ3) is 2.50. The van der Waals surface area contributed by atoms with Crippen molar-refractivity contribution in [3.63, 3.8) is 0 Å².